The molecule has 1 rings (SSSR count). The molecule has 1 unspecified atom stereocenters. The van der Waals surface area contributed by atoms with Gasteiger partial charge in [0.15, 0.2) is 0 Å². The van der Waals surface area contributed by atoms with E-state index in [0.717, 1.165) is 18.9 Å². The number of hydrogen-bond donors (Lipinski definition) is 2. The molecule has 0 saturated heterocycles. The minimum atomic E-state index is 0.169. The number of aliphatic hydroxyl groups excluding tert-OH is 1. The van der Waals surface area contributed by atoms with E-state index in [1.54, 1.807) is 0 Å². The van der Waals surface area contributed by atoms with Crippen LogP contribution in [0.5, 0.6) is 0 Å². The van der Waals surface area contributed by atoms with Gasteiger partial charge in [-0.3, -0.25) is 0 Å². The van der Waals surface area contributed by atoms with Crippen molar-refractivity contribution in [2.24, 2.45) is 11.8 Å². The summed E-state index contributed by atoms with van der Waals surface area (Å²) in [6.45, 7) is 7.96. The van der Waals surface area contributed by atoms with Crippen molar-refractivity contribution in [2.75, 3.05) is 13.2 Å². The van der Waals surface area contributed by atoms with Crippen molar-refractivity contribution >= 4 is 0 Å². The lowest BCUT2D eigenvalue weighted by Crippen LogP contribution is -2.37. The maximum atomic E-state index is 9.42. The Labute approximate surface area is 111 Å². The summed E-state index contributed by atoms with van der Waals surface area (Å²) in [5.41, 5.74) is 1.28. The van der Waals surface area contributed by atoms with E-state index in [2.05, 4.69) is 38.2 Å². The molecular weight excluding hydrogens is 222 g/mol. The van der Waals surface area contributed by atoms with Crippen molar-refractivity contribution in [1.29, 1.82) is 0 Å². The molecule has 0 fully saturated rings. The van der Waals surface area contributed by atoms with Gasteiger partial charge >= 0.3 is 0 Å². The molecule has 0 aliphatic heterocycles. The highest BCUT2D eigenvalue weighted by atomic mass is 16.3. The molecule has 2 heteroatoms. The minimum Gasteiger partial charge on any atom is -0.395 e. The predicted molar refractivity (Wildman–Crippen MR) is 77.6 cm³/mol. The Bertz CT molecular complexity index is 310. The monoisotopic (exact) mass is 249 g/mol. The zero-order valence-corrected chi connectivity index (χ0v) is 11.9. The van der Waals surface area contributed by atoms with E-state index >= 15 is 0 Å². The molecule has 2 N–H and O–H groups in total. The first kappa shape index (κ1) is 15.2. The highest BCUT2D eigenvalue weighted by Crippen LogP contribution is 2.10. The summed E-state index contributed by atoms with van der Waals surface area (Å²) in [6.07, 6.45) is 2.13. The molecule has 18 heavy (non-hydrogen) atoms. The van der Waals surface area contributed by atoms with Gasteiger partial charge in [-0.1, -0.05) is 51.1 Å². The fourth-order valence-electron chi connectivity index (χ4n) is 2.36. The SMILES string of the molecule is CC(C)CC(C)CN[C@H](CO)Cc1ccccc1. The Hall–Kier alpha value is -0.860. The molecule has 0 spiro atoms. The molecule has 0 aliphatic rings. The van der Waals surface area contributed by atoms with Crippen LogP contribution in [0.1, 0.15) is 32.8 Å². The number of nitrogens with one attached hydrogen (secondary N) is 1. The van der Waals surface area contributed by atoms with E-state index in [1.807, 2.05) is 18.2 Å². The molecule has 0 aromatic heterocycles. The molecule has 2 atom stereocenters. The summed E-state index contributed by atoms with van der Waals surface area (Å²) in [5, 5.41) is 12.9. The van der Waals surface area contributed by atoms with Crippen LogP contribution >= 0.6 is 0 Å². The fourth-order valence-corrected chi connectivity index (χ4v) is 2.36. The second kappa shape index (κ2) is 8.28. The molecule has 2 nitrogen and oxygen atoms in total. The molecule has 102 valence electrons. The third-order valence-electron chi connectivity index (χ3n) is 3.17. The van der Waals surface area contributed by atoms with Gasteiger partial charge in [0.2, 0.25) is 0 Å². The topological polar surface area (TPSA) is 32.3 Å². The first-order valence-electron chi connectivity index (χ1n) is 7.00. The highest BCUT2D eigenvalue weighted by Gasteiger charge is 2.10. The van der Waals surface area contributed by atoms with Crippen molar-refractivity contribution in [3.05, 3.63) is 35.9 Å². The van der Waals surface area contributed by atoms with Crippen molar-refractivity contribution < 1.29 is 5.11 Å². The lowest BCUT2D eigenvalue weighted by Gasteiger charge is -2.20. The van der Waals surface area contributed by atoms with Gasteiger partial charge < -0.3 is 10.4 Å². The molecule has 0 heterocycles. The van der Waals surface area contributed by atoms with Gasteiger partial charge in [0.1, 0.15) is 0 Å². The quantitative estimate of drug-likeness (QED) is 0.742. The maximum Gasteiger partial charge on any atom is 0.0587 e. The van der Waals surface area contributed by atoms with Crippen molar-refractivity contribution in [1.82, 2.24) is 5.32 Å². The zero-order chi connectivity index (χ0) is 13.4. The van der Waals surface area contributed by atoms with Crippen LogP contribution in [0.2, 0.25) is 0 Å². The predicted octanol–water partition coefficient (Wildman–Crippen LogP) is 2.86. The van der Waals surface area contributed by atoms with Crippen LogP contribution in [0.25, 0.3) is 0 Å². The maximum absolute atomic E-state index is 9.42. The number of aliphatic hydroxyl groups is 1. The number of rotatable bonds is 8. The first-order valence-corrected chi connectivity index (χ1v) is 7.00. The summed E-state index contributed by atoms with van der Waals surface area (Å²) in [5.74, 6) is 1.40. The van der Waals surface area contributed by atoms with Gasteiger partial charge in [-0.05, 0) is 36.8 Å². The second-order valence-electron chi connectivity index (χ2n) is 5.71. The Morgan fingerprint density at radius 3 is 2.33 bits per heavy atom. The molecule has 1 aromatic rings. The largest absolute Gasteiger partial charge is 0.395 e. The standard InChI is InChI=1S/C16H27NO/c1-13(2)9-14(3)11-17-16(12-18)10-15-7-5-4-6-8-15/h4-8,13-14,16-18H,9-12H2,1-3H3/t14?,16-/m0/s1. The summed E-state index contributed by atoms with van der Waals surface area (Å²) < 4.78 is 0. The smallest absolute Gasteiger partial charge is 0.0587 e. The molecule has 0 saturated carbocycles. The molecule has 1 aromatic carbocycles. The Morgan fingerprint density at radius 2 is 1.78 bits per heavy atom. The molecule has 0 radical (unpaired) electrons. The van der Waals surface area contributed by atoms with E-state index in [9.17, 15) is 5.11 Å². The third-order valence-corrected chi connectivity index (χ3v) is 3.17. The van der Waals surface area contributed by atoms with Gasteiger partial charge in [-0.15, -0.1) is 0 Å². The van der Waals surface area contributed by atoms with Crippen LogP contribution in [0, 0.1) is 11.8 Å². The van der Waals surface area contributed by atoms with Crippen LogP contribution < -0.4 is 5.32 Å². The van der Waals surface area contributed by atoms with Crippen molar-refractivity contribution in [2.45, 2.75) is 39.7 Å². The van der Waals surface area contributed by atoms with Gasteiger partial charge in [0, 0.05) is 6.04 Å². The van der Waals surface area contributed by atoms with E-state index in [0.29, 0.717) is 5.92 Å². The van der Waals surface area contributed by atoms with Crippen molar-refractivity contribution in [3.8, 4) is 0 Å². The minimum absolute atomic E-state index is 0.169. The molecular formula is C16H27NO. The fraction of sp³-hybridized carbons (Fsp3) is 0.625. The summed E-state index contributed by atoms with van der Waals surface area (Å²) in [7, 11) is 0. The molecule has 0 amide bonds. The third kappa shape index (κ3) is 6.18. The zero-order valence-electron chi connectivity index (χ0n) is 11.9. The second-order valence-corrected chi connectivity index (χ2v) is 5.71. The normalized spacial score (nSPS) is 14.7. The van der Waals surface area contributed by atoms with E-state index < -0.39 is 0 Å². The number of hydrogen-bond acceptors (Lipinski definition) is 2. The average molecular weight is 249 g/mol. The lowest BCUT2D eigenvalue weighted by atomic mass is 9.98. The summed E-state index contributed by atoms with van der Waals surface area (Å²) in [4.78, 5) is 0. The lowest BCUT2D eigenvalue weighted by molar-refractivity contribution is 0.234. The summed E-state index contributed by atoms with van der Waals surface area (Å²) >= 11 is 0. The van der Waals surface area contributed by atoms with Crippen LogP contribution in [0.4, 0.5) is 0 Å². The van der Waals surface area contributed by atoms with E-state index in [4.69, 9.17) is 0 Å². The van der Waals surface area contributed by atoms with Crippen LogP contribution in [-0.2, 0) is 6.42 Å². The molecule has 0 aliphatic carbocycles. The Balaban J connectivity index is 2.34. The van der Waals surface area contributed by atoms with Crippen LogP contribution in [0.3, 0.4) is 0 Å². The van der Waals surface area contributed by atoms with E-state index in [-0.39, 0.29) is 12.6 Å². The highest BCUT2D eigenvalue weighted by molar-refractivity contribution is 5.15. The Kier molecular flexibility index (Phi) is 6.99. The summed E-state index contributed by atoms with van der Waals surface area (Å²) in [6, 6.07) is 10.5. The van der Waals surface area contributed by atoms with Crippen LogP contribution in [0.15, 0.2) is 30.3 Å². The molecule has 0 bridgehead atoms. The first-order chi connectivity index (χ1) is 8.61. The van der Waals surface area contributed by atoms with Gasteiger partial charge in [-0.2, -0.15) is 0 Å². The van der Waals surface area contributed by atoms with Gasteiger partial charge in [0.25, 0.3) is 0 Å². The number of benzene rings is 1. The van der Waals surface area contributed by atoms with Crippen molar-refractivity contribution in [3.63, 3.8) is 0 Å². The van der Waals surface area contributed by atoms with Gasteiger partial charge in [-0.25, -0.2) is 0 Å². The van der Waals surface area contributed by atoms with E-state index in [1.165, 1.54) is 12.0 Å². The average Bonchev–Trinajstić information content (AvgIpc) is 2.35. The Morgan fingerprint density at radius 1 is 1.11 bits per heavy atom. The van der Waals surface area contributed by atoms with Crippen LogP contribution in [-0.4, -0.2) is 24.3 Å². The van der Waals surface area contributed by atoms with Gasteiger partial charge in [0.05, 0.1) is 6.61 Å².